The van der Waals surface area contributed by atoms with Crippen LogP contribution < -0.4 is 10.2 Å². The Morgan fingerprint density at radius 2 is 1.82 bits per heavy atom. The Balaban J connectivity index is 1.67. The number of ether oxygens (including phenoxy) is 1. The van der Waals surface area contributed by atoms with E-state index in [0.717, 1.165) is 6.07 Å². The summed E-state index contributed by atoms with van der Waals surface area (Å²) in [6.45, 7) is 2.43. The summed E-state index contributed by atoms with van der Waals surface area (Å²) in [6, 6.07) is 9.05. The van der Waals surface area contributed by atoms with Gasteiger partial charge < -0.3 is 15.0 Å². The third-order valence-electron chi connectivity index (χ3n) is 4.52. The average molecular weight is 389 g/mol. The molecule has 0 aliphatic carbocycles. The van der Waals surface area contributed by atoms with Gasteiger partial charge in [-0.2, -0.15) is 23.1 Å². The highest BCUT2D eigenvalue weighted by atomic mass is 19.4. The molecule has 6 nitrogen and oxygen atoms in total. The summed E-state index contributed by atoms with van der Waals surface area (Å²) >= 11 is 0. The smallest absolute Gasteiger partial charge is 0.378 e. The van der Waals surface area contributed by atoms with Gasteiger partial charge in [0.15, 0.2) is 5.65 Å². The first-order valence-electron chi connectivity index (χ1n) is 8.87. The highest BCUT2D eigenvalue weighted by Crippen LogP contribution is 2.32. The van der Waals surface area contributed by atoms with Gasteiger partial charge in [0, 0.05) is 25.8 Å². The van der Waals surface area contributed by atoms with Crippen molar-refractivity contribution in [3.63, 3.8) is 0 Å². The number of nitrogens with one attached hydrogen (secondary N) is 1. The minimum Gasteiger partial charge on any atom is -0.378 e. The van der Waals surface area contributed by atoms with Crippen molar-refractivity contribution in [3.05, 3.63) is 53.7 Å². The molecule has 3 heterocycles. The first kappa shape index (κ1) is 18.4. The summed E-state index contributed by atoms with van der Waals surface area (Å²) in [6.07, 6.45) is -2.78. The molecule has 0 saturated carbocycles. The molecule has 1 fully saturated rings. The number of rotatable bonds is 4. The second-order valence-electron chi connectivity index (χ2n) is 6.35. The number of aromatic nitrogens is 3. The quantitative estimate of drug-likeness (QED) is 0.737. The predicted molar refractivity (Wildman–Crippen MR) is 99.1 cm³/mol. The molecule has 9 heteroatoms. The Hall–Kier alpha value is -2.94. The van der Waals surface area contributed by atoms with E-state index in [-0.39, 0.29) is 12.1 Å². The van der Waals surface area contributed by atoms with E-state index in [4.69, 9.17) is 4.74 Å². The van der Waals surface area contributed by atoms with Crippen LogP contribution in [0.4, 0.5) is 24.9 Å². The molecule has 0 amide bonds. The standard InChI is InChI=1S/C19H18F3N5O/c20-19(21,22)15-6-2-1-4-13(15)12-24-17-14-5-3-7-23-16(14)25-18(26-17)27-8-10-28-11-9-27/h1-7H,8-12H2,(H,23,24,25,26). The van der Waals surface area contributed by atoms with Crippen LogP contribution in [0.25, 0.3) is 11.0 Å². The van der Waals surface area contributed by atoms with Crippen molar-refractivity contribution in [2.45, 2.75) is 12.7 Å². The molecule has 4 rings (SSSR count). The van der Waals surface area contributed by atoms with Crippen LogP contribution in [-0.2, 0) is 17.5 Å². The zero-order valence-corrected chi connectivity index (χ0v) is 14.9. The Morgan fingerprint density at radius 1 is 1.04 bits per heavy atom. The molecule has 0 atom stereocenters. The van der Waals surface area contributed by atoms with Crippen LogP contribution in [0.15, 0.2) is 42.6 Å². The minimum atomic E-state index is -4.41. The van der Waals surface area contributed by atoms with Crippen molar-refractivity contribution in [2.24, 2.45) is 0 Å². The van der Waals surface area contributed by atoms with Gasteiger partial charge in [-0.3, -0.25) is 0 Å². The van der Waals surface area contributed by atoms with Gasteiger partial charge in [-0.15, -0.1) is 0 Å². The summed E-state index contributed by atoms with van der Waals surface area (Å²) in [7, 11) is 0. The normalized spacial score (nSPS) is 15.0. The lowest BCUT2D eigenvalue weighted by Crippen LogP contribution is -2.37. The maximum absolute atomic E-state index is 13.3. The van der Waals surface area contributed by atoms with E-state index in [1.54, 1.807) is 24.4 Å². The van der Waals surface area contributed by atoms with E-state index in [2.05, 4.69) is 20.3 Å². The molecule has 1 saturated heterocycles. The van der Waals surface area contributed by atoms with Crippen molar-refractivity contribution in [3.8, 4) is 0 Å². The summed E-state index contributed by atoms with van der Waals surface area (Å²) < 4.78 is 45.1. The number of alkyl halides is 3. The Kier molecular flexibility index (Phi) is 4.99. The number of hydrogen-bond acceptors (Lipinski definition) is 6. The molecule has 1 aromatic carbocycles. The minimum absolute atomic E-state index is 0.0146. The van der Waals surface area contributed by atoms with Gasteiger partial charge in [-0.05, 0) is 23.8 Å². The fourth-order valence-corrected chi connectivity index (χ4v) is 3.12. The molecule has 0 spiro atoms. The van der Waals surface area contributed by atoms with Crippen LogP contribution in [0, 0.1) is 0 Å². The third-order valence-corrected chi connectivity index (χ3v) is 4.52. The summed E-state index contributed by atoms with van der Waals surface area (Å²) in [5.41, 5.74) is -0.0171. The number of benzene rings is 1. The van der Waals surface area contributed by atoms with Gasteiger partial charge in [0.05, 0.1) is 24.2 Å². The molecular weight excluding hydrogens is 371 g/mol. The fraction of sp³-hybridized carbons (Fsp3) is 0.316. The topological polar surface area (TPSA) is 63.2 Å². The van der Waals surface area contributed by atoms with Crippen LogP contribution in [0.3, 0.4) is 0 Å². The van der Waals surface area contributed by atoms with Gasteiger partial charge in [-0.1, -0.05) is 18.2 Å². The number of hydrogen-bond donors (Lipinski definition) is 1. The van der Waals surface area contributed by atoms with Crippen LogP contribution in [0.2, 0.25) is 0 Å². The van der Waals surface area contributed by atoms with Gasteiger partial charge in [0.25, 0.3) is 0 Å². The molecular formula is C19H18F3N5O. The lowest BCUT2D eigenvalue weighted by atomic mass is 10.1. The third kappa shape index (κ3) is 3.84. The Labute approximate surface area is 159 Å². The van der Waals surface area contributed by atoms with Gasteiger partial charge in [0.2, 0.25) is 5.95 Å². The highest BCUT2D eigenvalue weighted by molar-refractivity contribution is 5.87. The number of fused-ring (bicyclic) bond motifs is 1. The van der Waals surface area contributed by atoms with Gasteiger partial charge in [0.1, 0.15) is 5.82 Å². The largest absolute Gasteiger partial charge is 0.416 e. The van der Waals surface area contributed by atoms with E-state index in [1.165, 1.54) is 12.1 Å². The van der Waals surface area contributed by atoms with E-state index in [9.17, 15) is 13.2 Å². The Bertz CT molecular complexity index is 973. The van der Waals surface area contributed by atoms with E-state index < -0.39 is 11.7 Å². The van der Waals surface area contributed by atoms with Crippen LogP contribution in [0.5, 0.6) is 0 Å². The molecule has 0 unspecified atom stereocenters. The molecule has 0 radical (unpaired) electrons. The highest BCUT2D eigenvalue weighted by Gasteiger charge is 2.32. The molecule has 1 aliphatic rings. The predicted octanol–water partition coefficient (Wildman–Crippen LogP) is 3.49. The number of nitrogens with zero attached hydrogens (tertiary/aromatic N) is 4. The van der Waals surface area contributed by atoms with Crippen LogP contribution >= 0.6 is 0 Å². The number of halogens is 3. The average Bonchev–Trinajstić information content (AvgIpc) is 2.72. The molecule has 1 aliphatic heterocycles. The lowest BCUT2D eigenvalue weighted by molar-refractivity contribution is -0.138. The zero-order valence-electron chi connectivity index (χ0n) is 14.9. The van der Waals surface area contributed by atoms with Crippen molar-refractivity contribution in [1.82, 2.24) is 15.0 Å². The number of morpholine rings is 1. The van der Waals surface area contributed by atoms with Crippen molar-refractivity contribution < 1.29 is 17.9 Å². The first-order valence-corrected chi connectivity index (χ1v) is 8.87. The SMILES string of the molecule is FC(F)(F)c1ccccc1CNc1nc(N2CCOCC2)nc2ncccc12. The molecule has 1 N–H and O–H groups in total. The second kappa shape index (κ2) is 7.59. The zero-order chi connectivity index (χ0) is 19.6. The lowest BCUT2D eigenvalue weighted by Gasteiger charge is -2.27. The van der Waals surface area contributed by atoms with Gasteiger partial charge in [-0.25, -0.2) is 4.98 Å². The second-order valence-corrected chi connectivity index (χ2v) is 6.35. The van der Waals surface area contributed by atoms with E-state index in [0.29, 0.717) is 49.1 Å². The van der Waals surface area contributed by atoms with Crippen LogP contribution in [-0.4, -0.2) is 41.3 Å². The molecule has 3 aromatic rings. The van der Waals surface area contributed by atoms with Crippen molar-refractivity contribution in [2.75, 3.05) is 36.5 Å². The molecule has 28 heavy (non-hydrogen) atoms. The molecule has 146 valence electrons. The van der Waals surface area contributed by atoms with E-state index in [1.807, 2.05) is 4.90 Å². The molecule has 2 aromatic heterocycles. The van der Waals surface area contributed by atoms with E-state index >= 15 is 0 Å². The van der Waals surface area contributed by atoms with Crippen LogP contribution in [0.1, 0.15) is 11.1 Å². The maximum Gasteiger partial charge on any atom is 0.416 e. The van der Waals surface area contributed by atoms with Gasteiger partial charge >= 0.3 is 6.18 Å². The first-order chi connectivity index (χ1) is 13.5. The summed E-state index contributed by atoms with van der Waals surface area (Å²) in [5, 5.41) is 3.70. The molecule has 0 bridgehead atoms. The number of anilines is 2. The Morgan fingerprint density at radius 3 is 2.61 bits per heavy atom. The van der Waals surface area contributed by atoms with Crippen molar-refractivity contribution >= 4 is 22.8 Å². The fourth-order valence-electron chi connectivity index (χ4n) is 3.12. The number of pyridine rings is 1. The monoisotopic (exact) mass is 389 g/mol. The summed E-state index contributed by atoms with van der Waals surface area (Å²) in [4.78, 5) is 15.3. The van der Waals surface area contributed by atoms with Crippen molar-refractivity contribution in [1.29, 1.82) is 0 Å². The summed E-state index contributed by atoms with van der Waals surface area (Å²) in [5.74, 6) is 0.942. The maximum atomic E-state index is 13.3.